The zero-order chi connectivity index (χ0) is 19.1. The minimum atomic E-state index is 0. The molecule has 1 saturated heterocycles. The number of amides is 1. The van der Waals surface area contributed by atoms with E-state index in [1.165, 1.54) is 24.8 Å². The molecule has 5 nitrogen and oxygen atoms in total. The van der Waals surface area contributed by atoms with E-state index >= 15 is 0 Å². The largest absolute Gasteiger partial charge is 0.357 e. The van der Waals surface area contributed by atoms with E-state index in [4.69, 9.17) is 4.99 Å². The number of hydrogen-bond donors (Lipinski definition) is 2. The lowest BCUT2D eigenvalue weighted by molar-refractivity contribution is -0.135. The first kappa shape index (κ1) is 23.4. The Morgan fingerprint density at radius 2 is 1.89 bits per heavy atom. The molecule has 0 spiro atoms. The number of nitrogens with zero attached hydrogens (tertiary/aromatic N) is 2. The van der Waals surface area contributed by atoms with Gasteiger partial charge in [-0.1, -0.05) is 47.3 Å². The van der Waals surface area contributed by atoms with Crippen molar-refractivity contribution in [1.29, 1.82) is 0 Å². The molecule has 0 bridgehead atoms. The second-order valence-electron chi connectivity index (χ2n) is 7.57. The van der Waals surface area contributed by atoms with Gasteiger partial charge in [0.2, 0.25) is 5.91 Å². The van der Waals surface area contributed by atoms with Crippen molar-refractivity contribution < 1.29 is 4.79 Å². The predicted molar refractivity (Wildman–Crippen MR) is 129 cm³/mol. The van der Waals surface area contributed by atoms with Crippen molar-refractivity contribution in [2.75, 3.05) is 19.6 Å². The van der Waals surface area contributed by atoms with E-state index in [2.05, 4.69) is 50.5 Å². The van der Waals surface area contributed by atoms with Crippen molar-refractivity contribution in [3.63, 3.8) is 0 Å². The highest BCUT2D eigenvalue weighted by Crippen LogP contribution is 2.26. The lowest BCUT2D eigenvalue weighted by Gasteiger charge is -2.26. The number of carbonyl (C=O) groups is 1. The zero-order valence-corrected chi connectivity index (χ0v) is 20.5. The summed E-state index contributed by atoms with van der Waals surface area (Å²) in [6, 6.07) is 8.52. The number of rotatable bonds is 5. The minimum absolute atomic E-state index is 0. The number of guanidine groups is 1. The first-order valence-corrected chi connectivity index (χ1v) is 11.0. The number of likely N-dealkylation sites (tertiary alicyclic amines) is 1. The standard InChI is InChI=1S/C21H31BrN4O.HI/c1-2-23-21(24-14-16-8-10-18(22)11-9-16)25-19-12-13-26(15-19)20(27)17-6-4-3-5-7-17;/h8-11,17,19H,2-7,12-15H2,1H3,(H2,23,24,25);1H. The molecule has 28 heavy (non-hydrogen) atoms. The van der Waals surface area contributed by atoms with Crippen LogP contribution in [0.4, 0.5) is 0 Å². The number of carbonyl (C=O) groups excluding carboxylic acids is 1. The van der Waals surface area contributed by atoms with E-state index in [1.54, 1.807) is 0 Å². The Hall–Kier alpha value is -0.830. The number of nitrogens with one attached hydrogen (secondary N) is 2. The third-order valence-electron chi connectivity index (χ3n) is 5.47. The molecule has 0 aromatic heterocycles. The van der Waals surface area contributed by atoms with Crippen molar-refractivity contribution in [3.05, 3.63) is 34.3 Å². The van der Waals surface area contributed by atoms with Crippen LogP contribution in [0.25, 0.3) is 0 Å². The predicted octanol–water partition coefficient (Wildman–Crippen LogP) is 4.30. The Kier molecular flexibility index (Phi) is 10.0. The quantitative estimate of drug-likeness (QED) is 0.319. The highest BCUT2D eigenvalue weighted by Gasteiger charge is 2.31. The molecular formula is C21H32BrIN4O. The number of aliphatic imine (C=N–C) groups is 1. The summed E-state index contributed by atoms with van der Waals surface area (Å²) in [6.07, 6.45) is 6.84. The Bertz CT molecular complexity index is 646. The SMILES string of the molecule is CCNC(=NCc1ccc(Br)cc1)NC1CCN(C(=O)C2CCCCC2)C1.I. The summed E-state index contributed by atoms with van der Waals surface area (Å²) in [5.41, 5.74) is 1.18. The van der Waals surface area contributed by atoms with Gasteiger partial charge in [-0.15, -0.1) is 24.0 Å². The normalized spacial score (nSPS) is 20.6. The third kappa shape index (κ3) is 6.90. The molecule has 1 heterocycles. The molecule has 1 aliphatic carbocycles. The molecule has 1 atom stereocenters. The molecule has 1 amide bonds. The molecule has 1 aromatic rings. The molecule has 2 aliphatic rings. The van der Waals surface area contributed by atoms with Crippen molar-refractivity contribution >= 4 is 51.8 Å². The highest BCUT2D eigenvalue weighted by molar-refractivity contribution is 14.0. The van der Waals surface area contributed by atoms with Crippen LogP contribution in [0, 0.1) is 5.92 Å². The molecule has 0 radical (unpaired) electrons. The fraction of sp³-hybridized carbons (Fsp3) is 0.619. The minimum Gasteiger partial charge on any atom is -0.357 e. The van der Waals surface area contributed by atoms with Crippen LogP contribution in [0.15, 0.2) is 33.7 Å². The van der Waals surface area contributed by atoms with E-state index in [9.17, 15) is 4.79 Å². The van der Waals surface area contributed by atoms with Gasteiger partial charge >= 0.3 is 0 Å². The van der Waals surface area contributed by atoms with Gasteiger partial charge in [-0.2, -0.15) is 0 Å². The smallest absolute Gasteiger partial charge is 0.225 e. The Morgan fingerprint density at radius 3 is 2.57 bits per heavy atom. The van der Waals surface area contributed by atoms with E-state index < -0.39 is 0 Å². The van der Waals surface area contributed by atoms with Crippen molar-refractivity contribution in [1.82, 2.24) is 15.5 Å². The van der Waals surface area contributed by atoms with E-state index in [-0.39, 0.29) is 35.9 Å². The van der Waals surface area contributed by atoms with Crippen LogP contribution in [0.1, 0.15) is 51.0 Å². The summed E-state index contributed by atoms with van der Waals surface area (Å²) in [4.78, 5) is 19.5. The van der Waals surface area contributed by atoms with Crippen LogP contribution in [0.5, 0.6) is 0 Å². The molecule has 1 aliphatic heterocycles. The second-order valence-corrected chi connectivity index (χ2v) is 8.49. The molecule has 2 N–H and O–H groups in total. The van der Waals surface area contributed by atoms with Gasteiger partial charge in [-0.05, 0) is 43.9 Å². The maximum Gasteiger partial charge on any atom is 0.225 e. The van der Waals surface area contributed by atoms with Gasteiger partial charge < -0.3 is 15.5 Å². The van der Waals surface area contributed by atoms with E-state index in [0.29, 0.717) is 12.5 Å². The van der Waals surface area contributed by atoms with Crippen LogP contribution in [-0.4, -0.2) is 42.4 Å². The summed E-state index contributed by atoms with van der Waals surface area (Å²) in [5, 5.41) is 6.85. The molecular weight excluding hydrogens is 531 g/mol. The summed E-state index contributed by atoms with van der Waals surface area (Å²) < 4.78 is 1.08. The van der Waals surface area contributed by atoms with Gasteiger partial charge in [0.1, 0.15) is 0 Å². The van der Waals surface area contributed by atoms with Crippen molar-refractivity contribution in [3.8, 4) is 0 Å². The molecule has 1 unspecified atom stereocenters. The topological polar surface area (TPSA) is 56.7 Å². The number of halogens is 2. The monoisotopic (exact) mass is 562 g/mol. The maximum atomic E-state index is 12.7. The van der Waals surface area contributed by atoms with E-state index in [1.807, 2.05) is 12.1 Å². The number of hydrogen-bond acceptors (Lipinski definition) is 2. The summed E-state index contributed by atoms with van der Waals surface area (Å²) >= 11 is 3.46. The molecule has 7 heteroatoms. The first-order valence-electron chi connectivity index (χ1n) is 10.2. The zero-order valence-electron chi connectivity index (χ0n) is 16.6. The molecule has 1 saturated carbocycles. The van der Waals surface area contributed by atoms with Crippen LogP contribution in [-0.2, 0) is 11.3 Å². The van der Waals surface area contributed by atoms with Gasteiger partial charge in [0.05, 0.1) is 6.54 Å². The average Bonchev–Trinajstić information content (AvgIpc) is 3.16. The molecule has 2 fully saturated rings. The van der Waals surface area contributed by atoms with Gasteiger partial charge in [-0.3, -0.25) is 4.79 Å². The summed E-state index contributed by atoms with van der Waals surface area (Å²) in [5.74, 6) is 1.46. The van der Waals surface area contributed by atoms with Crippen LogP contribution >= 0.6 is 39.9 Å². The fourth-order valence-corrected chi connectivity index (χ4v) is 4.22. The third-order valence-corrected chi connectivity index (χ3v) is 6.00. The number of benzene rings is 1. The van der Waals surface area contributed by atoms with Gasteiger partial charge in [0.25, 0.3) is 0 Å². The molecule has 1 aromatic carbocycles. The Labute approximate surface area is 194 Å². The van der Waals surface area contributed by atoms with Crippen LogP contribution < -0.4 is 10.6 Å². The maximum absolute atomic E-state index is 12.7. The lowest BCUT2D eigenvalue weighted by atomic mass is 9.88. The van der Waals surface area contributed by atoms with E-state index in [0.717, 1.165) is 49.3 Å². The second kappa shape index (κ2) is 12.0. The average molecular weight is 563 g/mol. The highest BCUT2D eigenvalue weighted by atomic mass is 127. The first-order chi connectivity index (χ1) is 13.2. The summed E-state index contributed by atoms with van der Waals surface area (Å²) in [6.45, 7) is 5.19. The lowest BCUT2D eigenvalue weighted by Crippen LogP contribution is -2.45. The molecule has 3 rings (SSSR count). The van der Waals surface area contributed by atoms with Gasteiger partial charge in [-0.25, -0.2) is 4.99 Å². The van der Waals surface area contributed by atoms with Gasteiger partial charge in [0.15, 0.2) is 5.96 Å². The van der Waals surface area contributed by atoms with Gasteiger partial charge in [0, 0.05) is 36.1 Å². The molecule has 156 valence electrons. The van der Waals surface area contributed by atoms with Crippen LogP contribution in [0.3, 0.4) is 0 Å². The Morgan fingerprint density at radius 1 is 1.18 bits per heavy atom. The van der Waals surface area contributed by atoms with Crippen LogP contribution in [0.2, 0.25) is 0 Å². The fourth-order valence-electron chi connectivity index (χ4n) is 3.96. The Balaban J connectivity index is 0.00000280. The van der Waals surface area contributed by atoms with Crippen molar-refractivity contribution in [2.24, 2.45) is 10.9 Å². The summed E-state index contributed by atoms with van der Waals surface area (Å²) in [7, 11) is 0. The van der Waals surface area contributed by atoms with Crippen molar-refractivity contribution in [2.45, 2.75) is 58.0 Å².